The number of hydrogen-bond donors (Lipinski definition) is 2. The van der Waals surface area contributed by atoms with E-state index in [2.05, 4.69) is 4.98 Å². The Balaban J connectivity index is 3.22. The van der Waals surface area contributed by atoms with Crippen LogP contribution in [0.4, 0.5) is 11.5 Å². The van der Waals surface area contributed by atoms with Gasteiger partial charge in [-0.3, -0.25) is 24.0 Å². The molecule has 1 aromatic heterocycles. The van der Waals surface area contributed by atoms with Gasteiger partial charge in [0.2, 0.25) is 0 Å². The van der Waals surface area contributed by atoms with Crippen molar-refractivity contribution in [3.8, 4) is 0 Å². The summed E-state index contributed by atoms with van der Waals surface area (Å²) in [5.41, 5.74) is 4.85. The molecule has 0 atom stereocenters. The first kappa shape index (κ1) is 24.2. The molecule has 0 spiro atoms. The van der Waals surface area contributed by atoms with Gasteiger partial charge in [0.15, 0.2) is 12.3 Å². The Morgan fingerprint density at radius 1 is 1.28 bits per heavy atom. The molecule has 0 aliphatic heterocycles. The molecule has 0 radical (unpaired) electrons. The highest BCUT2D eigenvalue weighted by atomic mass is 16.5. The molecular formula is C19H30N4O6. The number of hydrogen-bond acceptors (Lipinski definition) is 7. The molecule has 1 amide bonds. The van der Waals surface area contributed by atoms with E-state index in [4.69, 9.17) is 15.2 Å². The van der Waals surface area contributed by atoms with E-state index in [9.17, 15) is 19.2 Å². The van der Waals surface area contributed by atoms with Crippen LogP contribution in [0.2, 0.25) is 0 Å². The third-order valence-electron chi connectivity index (χ3n) is 4.20. The lowest BCUT2D eigenvalue weighted by Crippen LogP contribution is -2.44. The summed E-state index contributed by atoms with van der Waals surface area (Å²) in [6.07, 6.45) is 3.82. The number of allylic oxidation sites excluding steroid dienone is 1. The van der Waals surface area contributed by atoms with E-state index < -0.39 is 29.7 Å². The second-order valence-corrected chi connectivity index (χ2v) is 6.41. The average Bonchev–Trinajstić information content (AvgIpc) is 2.68. The van der Waals surface area contributed by atoms with E-state index in [-0.39, 0.29) is 24.7 Å². The van der Waals surface area contributed by atoms with Crippen molar-refractivity contribution in [3.63, 3.8) is 0 Å². The van der Waals surface area contributed by atoms with Gasteiger partial charge >= 0.3 is 11.7 Å². The summed E-state index contributed by atoms with van der Waals surface area (Å²) in [6.45, 7) is 5.24. The molecule has 10 heteroatoms. The Morgan fingerprint density at radius 2 is 1.97 bits per heavy atom. The molecule has 0 unspecified atom stereocenters. The van der Waals surface area contributed by atoms with Gasteiger partial charge in [0, 0.05) is 25.8 Å². The highest BCUT2D eigenvalue weighted by molar-refractivity contribution is 5.98. The van der Waals surface area contributed by atoms with E-state index in [1.165, 1.54) is 11.7 Å². The van der Waals surface area contributed by atoms with E-state index >= 15 is 0 Å². The summed E-state index contributed by atoms with van der Waals surface area (Å²) in [5, 5.41) is 0. The molecular weight excluding hydrogens is 380 g/mol. The number of ether oxygens (including phenoxy) is 2. The van der Waals surface area contributed by atoms with Crippen molar-refractivity contribution in [2.24, 2.45) is 0 Å². The normalized spacial score (nSPS) is 11.4. The predicted molar refractivity (Wildman–Crippen MR) is 110 cm³/mol. The lowest BCUT2D eigenvalue weighted by Gasteiger charge is -2.24. The molecule has 10 nitrogen and oxygen atoms in total. The van der Waals surface area contributed by atoms with Gasteiger partial charge in [-0.1, -0.05) is 26.3 Å². The Labute approximate surface area is 169 Å². The number of aromatic nitrogens is 2. The SMILES string of the molecule is CC/C=C(\C)C(=O)OCC(=O)N(CCOC)c1c(N)n(CCCC)c(=O)[nH]c1=O. The summed E-state index contributed by atoms with van der Waals surface area (Å²) in [6, 6.07) is 0. The van der Waals surface area contributed by atoms with Gasteiger partial charge in [0.25, 0.3) is 11.5 Å². The molecule has 0 bridgehead atoms. The summed E-state index contributed by atoms with van der Waals surface area (Å²) in [4.78, 5) is 52.5. The Kier molecular flexibility index (Phi) is 9.87. The smallest absolute Gasteiger partial charge is 0.333 e. The van der Waals surface area contributed by atoms with E-state index in [1.807, 2.05) is 13.8 Å². The van der Waals surface area contributed by atoms with Crippen LogP contribution < -0.4 is 21.9 Å². The number of unbranched alkanes of at least 4 members (excludes halogenated alkanes) is 1. The molecule has 1 heterocycles. The molecule has 0 aromatic carbocycles. The summed E-state index contributed by atoms with van der Waals surface area (Å²) in [5.74, 6) is -1.40. The molecule has 3 N–H and O–H groups in total. The van der Waals surface area contributed by atoms with Crippen LogP contribution in [0.3, 0.4) is 0 Å². The third kappa shape index (κ3) is 6.60. The van der Waals surface area contributed by atoms with Gasteiger partial charge in [-0.2, -0.15) is 0 Å². The van der Waals surface area contributed by atoms with Crippen molar-refractivity contribution in [2.45, 2.75) is 46.6 Å². The molecule has 0 fully saturated rings. The monoisotopic (exact) mass is 410 g/mol. The van der Waals surface area contributed by atoms with E-state index in [0.29, 0.717) is 25.0 Å². The zero-order chi connectivity index (χ0) is 22.0. The van der Waals surface area contributed by atoms with Crippen LogP contribution in [0.1, 0.15) is 40.0 Å². The van der Waals surface area contributed by atoms with Crippen LogP contribution in [-0.4, -0.2) is 48.3 Å². The van der Waals surface area contributed by atoms with E-state index in [0.717, 1.165) is 11.3 Å². The van der Waals surface area contributed by atoms with Crippen molar-refractivity contribution in [2.75, 3.05) is 37.5 Å². The van der Waals surface area contributed by atoms with Gasteiger partial charge in [-0.15, -0.1) is 0 Å². The number of aromatic amines is 1. The Hall–Kier alpha value is -2.88. The molecule has 1 rings (SSSR count). The van der Waals surface area contributed by atoms with Gasteiger partial charge in [0.1, 0.15) is 5.82 Å². The highest BCUT2D eigenvalue weighted by Crippen LogP contribution is 2.17. The number of carbonyl (C=O) groups excluding carboxylic acids is 2. The third-order valence-corrected chi connectivity index (χ3v) is 4.20. The van der Waals surface area contributed by atoms with Gasteiger partial charge in [0.05, 0.1) is 6.61 Å². The van der Waals surface area contributed by atoms with Crippen molar-refractivity contribution < 1.29 is 19.1 Å². The fraction of sp³-hybridized carbons (Fsp3) is 0.579. The standard InChI is InChI=1S/C19H30N4O6/c1-5-7-9-23-16(20)15(17(25)21-19(23)27)22(10-11-28-4)14(24)12-29-18(26)13(3)8-6-2/h8H,5-7,9-12,20H2,1-4H3,(H,21,25,27)/b13-8+. The first-order valence-corrected chi connectivity index (χ1v) is 9.54. The predicted octanol–water partition coefficient (Wildman–Crippen LogP) is 0.798. The van der Waals surface area contributed by atoms with Crippen LogP contribution in [0.5, 0.6) is 0 Å². The van der Waals surface area contributed by atoms with Crippen LogP contribution in [0, 0.1) is 0 Å². The number of amides is 1. The van der Waals surface area contributed by atoms with E-state index in [1.54, 1.807) is 13.0 Å². The molecule has 0 saturated carbocycles. The molecule has 0 saturated heterocycles. The molecule has 0 aliphatic carbocycles. The highest BCUT2D eigenvalue weighted by Gasteiger charge is 2.25. The number of esters is 1. The molecule has 0 aliphatic rings. The quantitative estimate of drug-likeness (QED) is 0.406. The second kappa shape index (κ2) is 11.8. The lowest BCUT2D eigenvalue weighted by molar-refractivity contribution is -0.144. The van der Waals surface area contributed by atoms with Crippen molar-refractivity contribution in [1.29, 1.82) is 0 Å². The lowest BCUT2D eigenvalue weighted by atomic mass is 10.2. The minimum Gasteiger partial charge on any atom is -0.452 e. The number of H-pyrrole nitrogens is 1. The van der Waals surface area contributed by atoms with Gasteiger partial charge in [-0.25, -0.2) is 9.59 Å². The van der Waals surface area contributed by atoms with Crippen molar-refractivity contribution in [3.05, 3.63) is 32.5 Å². The fourth-order valence-electron chi connectivity index (χ4n) is 2.63. The minimum absolute atomic E-state index is 0.00404. The van der Waals surface area contributed by atoms with Crippen LogP contribution in [0.25, 0.3) is 0 Å². The van der Waals surface area contributed by atoms with Crippen LogP contribution >= 0.6 is 0 Å². The maximum absolute atomic E-state index is 12.7. The molecule has 162 valence electrons. The Bertz CT molecular complexity index is 855. The van der Waals surface area contributed by atoms with Crippen molar-refractivity contribution in [1.82, 2.24) is 9.55 Å². The number of nitrogen functional groups attached to an aromatic ring is 1. The number of nitrogens with zero attached hydrogens (tertiary/aromatic N) is 2. The number of nitrogens with two attached hydrogens (primary N) is 1. The number of methoxy groups -OCH3 is 1. The molecule has 29 heavy (non-hydrogen) atoms. The number of carbonyl (C=O) groups is 2. The first-order valence-electron chi connectivity index (χ1n) is 9.54. The number of nitrogens with one attached hydrogen (secondary N) is 1. The fourth-order valence-corrected chi connectivity index (χ4v) is 2.63. The summed E-state index contributed by atoms with van der Waals surface area (Å²) < 4.78 is 11.3. The van der Waals surface area contributed by atoms with Crippen LogP contribution in [0.15, 0.2) is 21.2 Å². The zero-order valence-electron chi connectivity index (χ0n) is 17.4. The number of rotatable bonds is 11. The number of anilines is 2. The zero-order valence-corrected chi connectivity index (χ0v) is 17.4. The second-order valence-electron chi connectivity index (χ2n) is 6.41. The maximum atomic E-state index is 12.7. The summed E-state index contributed by atoms with van der Waals surface area (Å²) in [7, 11) is 1.44. The Morgan fingerprint density at radius 3 is 2.55 bits per heavy atom. The maximum Gasteiger partial charge on any atom is 0.333 e. The van der Waals surface area contributed by atoms with Gasteiger partial charge < -0.3 is 15.2 Å². The largest absolute Gasteiger partial charge is 0.452 e. The topological polar surface area (TPSA) is 137 Å². The van der Waals surface area contributed by atoms with Crippen LogP contribution in [-0.2, 0) is 25.6 Å². The summed E-state index contributed by atoms with van der Waals surface area (Å²) >= 11 is 0. The van der Waals surface area contributed by atoms with Crippen molar-refractivity contribution >= 4 is 23.4 Å². The molecule has 1 aromatic rings. The minimum atomic E-state index is -0.793. The average molecular weight is 410 g/mol. The van der Waals surface area contributed by atoms with Gasteiger partial charge in [-0.05, 0) is 19.8 Å². The first-order chi connectivity index (χ1) is 13.8.